The number of morpholine rings is 1. The van der Waals surface area contributed by atoms with Crippen molar-refractivity contribution < 1.29 is 9.53 Å². The number of likely N-dealkylation sites (N-methyl/N-ethyl adjacent to an activating group) is 1. The fourth-order valence-electron chi connectivity index (χ4n) is 5.28. The molecule has 2 saturated heterocycles. The Kier molecular flexibility index (Phi) is 7.32. The van der Waals surface area contributed by atoms with Crippen molar-refractivity contribution in [2.45, 2.75) is 38.5 Å². The Hall–Kier alpha value is -2.54. The van der Waals surface area contributed by atoms with Crippen LogP contribution in [-0.4, -0.2) is 93.8 Å². The first kappa shape index (κ1) is 24.2. The van der Waals surface area contributed by atoms with E-state index in [0.717, 1.165) is 73.6 Å². The zero-order valence-electron chi connectivity index (χ0n) is 20.9. The smallest absolute Gasteiger partial charge is 0.143 e. The van der Waals surface area contributed by atoms with Gasteiger partial charge in [-0.3, -0.25) is 14.7 Å². The summed E-state index contributed by atoms with van der Waals surface area (Å²) in [5.74, 6) is 0.196. The monoisotopic (exact) mass is 494 g/mol. The number of fused-ring (bicyclic) bond motifs is 1. The molecule has 0 amide bonds. The number of nitrogens with zero attached hydrogens (tertiary/aromatic N) is 6. The molecule has 0 spiro atoms. The highest BCUT2D eigenvalue weighted by molar-refractivity contribution is 7.51. The number of carbonyl (C=O) groups excluding carboxylic acids is 1. The van der Waals surface area contributed by atoms with E-state index in [1.54, 1.807) is 6.08 Å². The molecule has 5 rings (SSSR count). The summed E-state index contributed by atoms with van der Waals surface area (Å²) < 4.78 is 7.39. The van der Waals surface area contributed by atoms with E-state index in [1.165, 1.54) is 18.5 Å². The quantitative estimate of drug-likeness (QED) is 0.348. The Bertz CT molecular complexity index is 1160. The van der Waals surface area contributed by atoms with Crippen LogP contribution in [0.5, 0.6) is 0 Å². The Morgan fingerprint density at radius 1 is 1.17 bits per heavy atom. The van der Waals surface area contributed by atoms with E-state index in [0.29, 0.717) is 14.6 Å². The van der Waals surface area contributed by atoms with Gasteiger partial charge in [-0.2, -0.15) is 5.10 Å². The molecule has 3 aliphatic heterocycles. The summed E-state index contributed by atoms with van der Waals surface area (Å²) in [5, 5.41) is 5.72. The van der Waals surface area contributed by atoms with Crippen molar-refractivity contribution in [3.63, 3.8) is 0 Å². The second-order valence-electron chi connectivity index (χ2n) is 9.58. The van der Waals surface area contributed by atoms with E-state index in [2.05, 4.69) is 45.1 Å². The first-order chi connectivity index (χ1) is 17.0. The van der Waals surface area contributed by atoms with Crippen molar-refractivity contribution in [1.29, 1.82) is 0 Å². The van der Waals surface area contributed by atoms with Gasteiger partial charge in [0.1, 0.15) is 6.29 Å². The number of aldehydes is 1. The minimum absolute atomic E-state index is 0.196. The highest BCUT2D eigenvalue weighted by atomic mass is 31.1. The van der Waals surface area contributed by atoms with Gasteiger partial charge in [-0.05, 0) is 44.9 Å². The number of hydrogen-bond acceptors (Lipinski definition) is 7. The molecule has 9 heteroatoms. The van der Waals surface area contributed by atoms with Crippen molar-refractivity contribution in [2.24, 2.45) is 0 Å². The normalized spacial score (nSPS) is 23.0. The molecule has 2 aromatic rings. The van der Waals surface area contributed by atoms with Crippen LogP contribution in [0.4, 0.5) is 0 Å². The number of hydrogen-bond donors (Lipinski definition) is 0. The second-order valence-corrected chi connectivity index (χ2v) is 11.0. The zero-order valence-corrected chi connectivity index (χ0v) is 21.9. The first-order valence-corrected chi connectivity index (χ1v) is 13.5. The van der Waals surface area contributed by atoms with Gasteiger partial charge in [0, 0.05) is 50.8 Å². The molecular weight excluding hydrogens is 459 g/mol. The molecule has 8 nitrogen and oxygen atoms in total. The van der Waals surface area contributed by atoms with Crippen LogP contribution >= 0.6 is 8.58 Å². The van der Waals surface area contributed by atoms with Crippen LogP contribution in [0.1, 0.15) is 29.9 Å². The number of aromatic nitrogens is 3. The van der Waals surface area contributed by atoms with E-state index in [9.17, 15) is 4.79 Å². The number of rotatable bonds is 6. The van der Waals surface area contributed by atoms with Gasteiger partial charge in [0.25, 0.3) is 0 Å². The molecule has 2 fully saturated rings. The van der Waals surface area contributed by atoms with Crippen molar-refractivity contribution in [3.8, 4) is 0 Å². The van der Waals surface area contributed by atoms with Gasteiger partial charge in [-0.15, -0.1) is 0 Å². The summed E-state index contributed by atoms with van der Waals surface area (Å²) >= 11 is 0. The summed E-state index contributed by atoms with van der Waals surface area (Å²) in [7, 11) is 2.53. The van der Waals surface area contributed by atoms with Gasteiger partial charge in [0.15, 0.2) is 0 Å². The number of likely N-dealkylation sites (tertiary alicyclic amines) is 1. The maximum absolute atomic E-state index is 11.5. The molecule has 0 N–H and O–H groups in total. The van der Waals surface area contributed by atoms with Gasteiger partial charge in [-0.25, -0.2) is 4.52 Å². The van der Waals surface area contributed by atoms with Crippen LogP contribution in [0.3, 0.4) is 0 Å². The maximum Gasteiger partial charge on any atom is 0.143 e. The standard InChI is InChI=1S/C26H35N6O2P/c1-19-17-32-24(20(2)27-19)16-23(28-32)25(8-13-33)35-26-5-4-22(18-29(26)3)30-9-6-21(7-10-30)31-11-14-34-15-12-31/h4-5,8,13,16-18,21,26,35H,6-7,9-12,14-15H2,1-3H3/b25-8-. The number of aryl methyl sites for hydroxylation is 2. The Morgan fingerprint density at radius 2 is 1.94 bits per heavy atom. The lowest BCUT2D eigenvalue weighted by Gasteiger charge is -2.42. The summed E-state index contributed by atoms with van der Waals surface area (Å²) in [6.07, 6.45) is 13.6. The van der Waals surface area contributed by atoms with Gasteiger partial charge >= 0.3 is 0 Å². The molecule has 186 valence electrons. The van der Waals surface area contributed by atoms with Crippen molar-refractivity contribution in [3.05, 3.63) is 59.5 Å². The fourth-order valence-corrected chi connectivity index (χ4v) is 6.51. The summed E-state index contributed by atoms with van der Waals surface area (Å²) in [5.41, 5.74) is 4.96. The molecule has 0 bridgehead atoms. The lowest BCUT2D eigenvalue weighted by atomic mass is 10.0. The van der Waals surface area contributed by atoms with Gasteiger partial charge < -0.3 is 14.5 Å². The Balaban J connectivity index is 1.24. The average Bonchev–Trinajstić information content (AvgIpc) is 3.30. The minimum Gasteiger partial charge on any atom is -0.379 e. The van der Waals surface area contributed by atoms with Gasteiger partial charge in [0.05, 0.1) is 53.5 Å². The predicted molar refractivity (Wildman–Crippen MR) is 141 cm³/mol. The first-order valence-electron chi connectivity index (χ1n) is 12.5. The van der Waals surface area contributed by atoms with E-state index >= 15 is 0 Å². The molecule has 3 aliphatic rings. The van der Waals surface area contributed by atoms with Crippen LogP contribution in [-0.2, 0) is 9.53 Å². The van der Waals surface area contributed by atoms with Crippen molar-refractivity contribution >= 4 is 25.7 Å². The van der Waals surface area contributed by atoms with Gasteiger partial charge in [0.2, 0.25) is 0 Å². The van der Waals surface area contributed by atoms with Crippen LogP contribution < -0.4 is 0 Å². The van der Waals surface area contributed by atoms with E-state index in [1.807, 2.05) is 30.6 Å². The number of ether oxygens (including phenoxy) is 1. The third-order valence-electron chi connectivity index (χ3n) is 7.19. The molecule has 35 heavy (non-hydrogen) atoms. The number of carbonyl (C=O) groups is 1. The van der Waals surface area contributed by atoms with E-state index < -0.39 is 0 Å². The van der Waals surface area contributed by atoms with Crippen molar-refractivity contribution in [2.75, 3.05) is 46.4 Å². The summed E-state index contributed by atoms with van der Waals surface area (Å²) in [6, 6.07) is 2.72. The molecule has 0 radical (unpaired) electrons. The fraction of sp³-hybridized carbons (Fsp3) is 0.500. The molecule has 0 aromatic carbocycles. The molecule has 0 aliphatic carbocycles. The molecule has 2 unspecified atom stereocenters. The van der Waals surface area contributed by atoms with E-state index in [-0.39, 0.29) is 5.78 Å². The number of piperidine rings is 1. The highest BCUT2D eigenvalue weighted by Gasteiger charge is 2.27. The lowest BCUT2D eigenvalue weighted by Crippen LogP contribution is -2.48. The predicted octanol–water partition coefficient (Wildman–Crippen LogP) is 3.03. The lowest BCUT2D eigenvalue weighted by molar-refractivity contribution is -0.104. The SMILES string of the molecule is Cc1cn2nc(/C(=C/C=O)PC3C=CC(N4CCC(N5CCOCC5)CC4)=CN3C)cc2c(C)n1. The van der Waals surface area contributed by atoms with Crippen LogP contribution in [0.15, 0.2) is 42.4 Å². The zero-order chi connectivity index (χ0) is 24.4. The summed E-state index contributed by atoms with van der Waals surface area (Å²) in [6.45, 7) is 10.0. The van der Waals surface area contributed by atoms with E-state index in [4.69, 9.17) is 9.84 Å². The molecular formula is C26H35N6O2P. The molecule has 2 aromatic heterocycles. The van der Waals surface area contributed by atoms with Crippen LogP contribution in [0.25, 0.3) is 10.8 Å². The minimum atomic E-state index is 0.196. The van der Waals surface area contributed by atoms with Crippen LogP contribution in [0.2, 0.25) is 0 Å². The molecule has 5 heterocycles. The molecule has 0 saturated carbocycles. The van der Waals surface area contributed by atoms with Crippen molar-refractivity contribution in [1.82, 2.24) is 29.3 Å². The largest absolute Gasteiger partial charge is 0.379 e. The average molecular weight is 495 g/mol. The third-order valence-corrected chi connectivity index (χ3v) is 8.82. The second kappa shape index (κ2) is 10.6. The Labute approximate surface area is 209 Å². The highest BCUT2D eigenvalue weighted by Crippen LogP contribution is 2.40. The third kappa shape index (κ3) is 5.35. The van der Waals surface area contributed by atoms with Gasteiger partial charge in [-0.1, -0.05) is 14.7 Å². The summed E-state index contributed by atoms with van der Waals surface area (Å²) in [4.78, 5) is 23.4. The van der Waals surface area contributed by atoms with Crippen LogP contribution in [0, 0.1) is 13.8 Å². The number of allylic oxidation sites excluding steroid dienone is 2. The molecule has 2 atom stereocenters. The topological polar surface area (TPSA) is 66.2 Å². The Morgan fingerprint density at radius 3 is 2.66 bits per heavy atom. The maximum atomic E-state index is 11.5.